The number of nitrogens with one attached hydrogen (secondary N) is 1. The fraction of sp³-hybridized carbons (Fsp3) is 0.160. The molecule has 0 atom stereocenters. The van der Waals surface area contributed by atoms with Gasteiger partial charge in [-0.2, -0.15) is 5.10 Å². The summed E-state index contributed by atoms with van der Waals surface area (Å²) < 4.78 is 1.62. The standard InChI is InChI=1S/C25H22N4O4S/c1-16-21(17(2)29(27-16)19-11-7-4-8-12-19)22(30)23(31)26-13-14-28-24(32)20(34-25(28)33)15-18-9-5-3-6-10-18/h3-12,15H,13-14H2,1-2H3,(H,26,31)/b20-15-. The van der Waals surface area contributed by atoms with Crippen LogP contribution in [0, 0.1) is 13.8 Å². The molecule has 3 aromatic rings. The summed E-state index contributed by atoms with van der Waals surface area (Å²) in [6, 6.07) is 18.5. The van der Waals surface area contributed by atoms with Gasteiger partial charge in [0.15, 0.2) is 0 Å². The lowest BCUT2D eigenvalue weighted by Gasteiger charge is -2.12. The zero-order chi connectivity index (χ0) is 24.2. The summed E-state index contributed by atoms with van der Waals surface area (Å²) in [5.41, 5.74) is 2.83. The third kappa shape index (κ3) is 4.69. The molecule has 9 heteroatoms. The van der Waals surface area contributed by atoms with Crippen LogP contribution in [0.4, 0.5) is 4.79 Å². The summed E-state index contributed by atoms with van der Waals surface area (Å²) in [5, 5.41) is 6.50. The third-order valence-corrected chi connectivity index (χ3v) is 6.22. The molecule has 4 rings (SSSR count). The molecule has 3 amide bonds. The van der Waals surface area contributed by atoms with Crippen molar-refractivity contribution in [2.24, 2.45) is 0 Å². The third-order valence-electron chi connectivity index (χ3n) is 5.32. The highest BCUT2D eigenvalue weighted by molar-refractivity contribution is 8.18. The second-order valence-corrected chi connectivity index (χ2v) is 8.62. The highest BCUT2D eigenvalue weighted by atomic mass is 32.2. The highest BCUT2D eigenvalue weighted by Crippen LogP contribution is 2.31. The number of thioether (sulfide) groups is 1. The van der Waals surface area contributed by atoms with Crippen LogP contribution in [0.2, 0.25) is 0 Å². The van der Waals surface area contributed by atoms with Crippen molar-refractivity contribution < 1.29 is 19.2 Å². The largest absolute Gasteiger partial charge is 0.347 e. The molecule has 1 fully saturated rings. The van der Waals surface area contributed by atoms with Gasteiger partial charge in [-0.1, -0.05) is 48.5 Å². The Morgan fingerprint density at radius 1 is 1.00 bits per heavy atom. The minimum Gasteiger partial charge on any atom is -0.347 e. The van der Waals surface area contributed by atoms with Gasteiger partial charge in [-0.05, 0) is 49.4 Å². The van der Waals surface area contributed by atoms with E-state index in [1.165, 1.54) is 0 Å². The Morgan fingerprint density at radius 3 is 2.32 bits per heavy atom. The summed E-state index contributed by atoms with van der Waals surface area (Å²) in [6.45, 7) is 3.34. The van der Waals surface area contributed by atoms with Crippen LogP contribution < -0.4 is 5.32 Å². The average molecular weight is 475 g/mol. The second kappa shape index (κ2) is 9.88. The molecule has 0 radical (unpaired) electrons. The molecule has 1 aliphatic heterocycles. The average Bonchev–Trinajstić information content (AvgIpc) is 3.28. The molecule has 1 N–H and O–H groups in total. The number of hydrogen-bond donors (Lipinski definition) is 1. The fourth-order valence-corrected chi connectivity index (χ4v) is 4.53. The summed E-state index contributed by atoms with van der Waals surface area (Å²) in [6.07, 6.45) is 1.66. The number of carbonyl (C=O) groups excluding carboxylic acids is 4. The van der Waals surface area contributed by atoms with Crippen molar-refractivity contribution in [2.45, 2.75) is 13.8 Å². The molecular formula is C25H22N4O4S. The summed E-state index contributed by atoms with van der Waals surface area (Å²) in [4.78, 5) is 51.6. The maximum Gasteiger partial charge on any atom is 0.293 e. The van der Waals surface area contributed by atoms with Crippen molar-refractivity contribution in [3.63, 3.8) is 0 Å². The van der Waals surface area contributed by atoms with Crippen molar-refractivity contribution in [2.75, 3.05) is 13.1 Å². The quantitative estimate of drug-likeness (QED) is 0.319. The van der Waals surface area contributed by atoms with Crippen LogP contribution in [0.3, 0.4) is 0 Å². The molecule has 0 saturated carbocycles. The Hall–Kier alpha value is -3.98. The number of aryl methyl sites for hydroxylation is 1. The van der Waals surface area contributed by atoms with Crippen molar-refractivity contribution >= 4 is 40.7 Å². The van der Waals surface area contributed by atoms with Gasteiger partial charge in [-0.15, -0.1) is 0 Å². The van der Waals surface area contributed by atoms with Gasteiger partial charge < -0.3 is 5.32 Å². The van der Waals surface area contributed by atoms with Gasteiger partial charge in [0.05, 0.1) is 27.5 Å². The number of Topliss-reactive ketones (excluding diaryl/α,β-unsaturated/α-hetero) is 1. The first kappa shape index (κ1) is 23.2. The van der Waals surface area contributed by atoms with E-state index in [9.17, 15) is 19.2 Å². The SMILES string of the molecule is Cc1nn(-c2ccccc2)c(C)c1C(=O)C(=O)NCCN1C(=O)S/C(=C\c2ccccc2)C1=O. The number of hydrogen-bond acceptors (Lipinski definition) is 6. The minimum absolute atomic E-state index is 0.0307. The maximum absolute atomic E-state index is 12.8. The number of imide groups is 1. The number of para-hydroxylation sites is 1. The summed E-state index contributed by atoms with van der Waals surface area (Å²) in [7, 11) is 0. The summed E-state index contributed by atoms with van der Waals surface area (Å²) in [5.74, 6) is -1.95. The molecule has 0 unspecified atom stereocenters. The number of aromatic nitrogens is 2. The molecule has 0 aliphatic carbocycles. The molecule has 2 heterocycles. The first-order chi connectivity index (χ1) is 16.4. The van der Waals surface area contributed by atoms with Gasteiger partial charge in [0.25, 0.3) is 22.8 Å². The van der Waals surface area contributed by atoms with E-state index in [1.54, 1.807) is 24.6 Å². The van der Waals surface area contributed by atoms with E-state index in [-0.39, 0.29) is 18.7 Å². The van der Waals surface area contributed by atoms with E-state index in [1.807, 2.05) is 60.7 Å². The maximum atomic E-state index is 12.8. The van der Waals surface area contributed by atoms with Gasteiger partial charge in [-0.3, -0.25) is 24.1 Å². The number of ketones is 1. The van der Waals surface area contributed by atoms with Crippen LogP contribution in [0.5, 0.6) is 0 Å². The molecule has 172 valence electrons. The Bertz CT molecular complexity index is 1300. The number of amides is 3. The molecular weight excluding hydrogens is 452 g/mol. The van der Waals surface area contributed by atoms with Gasteiger partial charge in [0, 0.05) is 13.1 Å². The molecule has 8 nitrogen and oxygen atoms in total. The van der Waals surface area contributed by atoms with E-state index in [0.717, 1.165) is 27.9 Å². The molecule has 1 saturated heterocycles. The lowest BCUT2D eigenvalue weighted by molar-refractivity contribution is -0.123. The monoisotopic (exact) mass is 474 g/mol. The first-order valence-electron chi connectivity index (χ1n) is 10.6. The fourth-order valence-electron chi connectivity index (χ4n) is 3.66. The Balaban J connectivity index is 1.39. The molecule has 0 spiro atoms. The second-order valence-electron chi connectivity index (χ2n) is 7.62. The minimum atomic E-state index is -0.814. The van der Waals surface area contributed by atoms with E-state index < -0.39 is 22.8 Å². The molecule has 1 aromatic heterocycles. The topological polar surface area (TPSA) is 101 Å². The summed E-state index contributed by atoms with van der Waals surface area (Å²) >= 11 is 0.851. The van der Waals surface area contributed by atoms with E-state index in [0.29, 0.717) is 16.3 Å². The number of benzene rings is 2. The molecule has 2 aromatic carbocycles. The van der Waals surface area contributed by atoms with Crippen LogP contribution >= 0.6 is 11.8 Å². The lowest BCUT2D eigenvalue weighted by atomic mass is 10.1. The molecule has 1 aliphatic rings. The van der Waals surface area contributed by atoms with Crippen LogP contribution in [0.25, 0.3) is 11.8 Å². The normalized spacial score (nSPS) is 14.6. The zero-order valence-corrected chi connectivity index (χ0v) is 19.5. The molecule has 0 bridgehead atoms. The smallest absolute Gasteiger partial charge is 0.293 e. The van der Waals surface area contributed by atoms with Crippen molar-refractivity contribution in [3.05, 3.63) is 88.1 Å². The predicted molar refractivity (Wildman–Crippen MR) is 129 cm³/mol. The van der Waals surface area contributed by atoms with Crippen LogP contribution in [0.1, 0.15) is 27.3 Å². The van der Waals surface area contributed by atoms with Gasteiger partial charge in [0.1, 0.15) is 0 Å². The lowest BCUT2D eigenvalue weighted by Crippen LogP contribution is -2.39. The highest BCUT2D eigenvalue weighted by Gasteiger charge is 2.35. The van der Waals surface area contributed by atoms with Crippen LogP contribution in [0.15, 0.2) is 65.6 Å². The number of nitrogens with zero attached hydrogens (tertiary/aromatic N) is 3. The number of rotatable bonds is 7. The Kier molecular flexibility index (Phi) is 6.74. The van der Waals surface area contributed by atoms with Crippen molar-refractivity contribution in [1.29, 1.82) is 0 Å². The first-order valence-corrected chi connectivity index (χ1v) is 11.4. The molecule has 34 heavy (non-hydrogen) atoms. The van der Waals surface area contributed by atoms with Gasteiger partial charge >= 0.3 is 0 Å². The van der Waals surface area contributed by atoms with Crippen molar-refractivity contribution in [1.82, 2.24) is 20.0 Å². The Labute approximate surface area is 200 Å². The van der Waals surface area contributed by atoms with E-state index in [2.05, 4.69) is 10.4 Å². The van der Waals surface area contributed by atoms with Gasteiger partial charge in [-0.25, -0.2) is 4.68 Å². The van der Waals surface area contributed by atoms with Crippen LogP contribution in [-0.4, -0.2) is 50.6 Å². The zero-order valence-electron chi connectivity index (χ0n) is 18.6. The van der Waals surface area contributed by atoms with E-state index >= 15 is 0 Å². The predicted octanol–water partition coefficient (Wildman–Crippen LogP) is 3.52. The number of carbonyl (C=O) groups is 4. The Morgan fingerprint density at radius 2 is 1.65 bits per heavy atom. The van der Waals surface area contributed by atoms with Crippen LogP contribution in [-0.2, 0) is 9.59 Å². The van der Waals surface area contributed by atoms with Crippen molar-refractivity contribution in [3.8, 4) is 5.69 Å². The van der Waals surface area contributed by atoms with E-state index in [4.69, 9.17) is 0 Å². The van der Waals surface area contributed by atoms with Gasteiger partial charge in [0.2, 0.25) is 0 Å².